The van der Waals surface area contributed by atoms with Crippen LogP contribution in [0.25, 0.3) is 0 Å². The molecule has 1 aromatic carbocycles. The van der Waals surface area contributed by atoms with Crippen molar-refractivity contribution in [1.29, 1.82) is 0 Å². The molecule has 3 rings (SSSR count). The minimum Gasteiger partial charge on any atom is -0.338 e. The van der Waals surface area contributed by atoms with E-state index in [1.54, 1.807) is 17.9 Å². The highest BCUT2D eigenvalue weighted by molar-refractivity contribution is 5.93. The summed E-state index contributed by atoms with van der Waals surface area (Å²) in [5.41, 5.74) is -0.805. The molecule has 1 N–H and O–H groups in total. The third-order valence-corrected chi connectivity index (χ3v) is 5.11. The maximum Gasteiger partial charge on any atom is 0.416 e. The van der Waals surface area contributed by atoms with Crippen molar-refractivity contribution in [2.75, 3.05) is 13.1 Å². The zero-order chi connectivity index (χ0) is 20.3. The first-order valence-electron chi connectivity index (χ1n) is 9.26. The summed E-state index contributed by atoms with van der Waals surface area (Å²) >= 11 is 0. The van der Waals surface area contributed by atoms with Gasteiger partial charge in [0.15, 0.2) is 0 Å². The number of H-pyrrole nitrogens is 1. The average molecular weight is 393 g/mol. The molecule has 1 fully saturated rings. The van der Waals surface area contributed by atoms with E-state index in [9.17, 15) is 22.8 Å². The minimum atomic E-state index is -4.37. The van der Waals surface area contributed by atoms with E-state index >= 15 is 0 Å². The molecule has 1 aromatic heterocycles. The summed E-state index contributed by atoms with van der Waals surface area (Å²) in [6, 6.07) is 5.60. The summed E-state index contributed by atoms with van der Waals surface area (Å²) in [6.45, 7) is 2.59. The number of carbonyl (C=O) groups excluding carboxylic acids is 1. The van der Waals surface area contributed by atoms with Crippen molar-refractivity contribution < 1.29 is 18.0 Å². The Morgan fingerprint density at radius 1 is 1.32 bits per heavy atom. The van der Waals surface area contributed by atoms with E-state index in [2.05, 4.69) is 9.97 Å². The van der Waals surface area contributed by atoms with E-state index in [1.165, 1.54) is 18.3 Å². The number of hydrogen-bond donors (Lipinski definition) is 1. The number of rotatable bonds is 4. The van der Waals surface area contributed by atoms with Gasteiger partial charge in [0.1, 0.15) is 11.4 Å². The number of aromatic nitrogens is 2. The first kappa shape index (κ1) is 20.1. The van der Waals surface area contributed by atoms with E-state index in [-0.39, 0.29) is 23.0 Å². The predicted molar refractivity (Wildman–Crippen MR) is 98.0 cm³/mol. The maximum atomic E-state index is 13.1. The summed E-state index contributed by atoms with van der Waals surface area (Å²) in [6.07, 6.45) is -0.631. The molecule has 150 valence electrons. The van der Waals surface area contributed by atoms with Crippen molar-refractivity contribution in [3.8, 4) is 0 Å². The molecule has 1 amide bonds. The Labute approximate surface area is 160 Å². The third kappa shape index (κ3) is 4.61. The first-order chi connectivity index (χ1) is 13.3. The van der Waals surface area contributed by atoms with Crippen molar-refractivity contribution in [2.45, 2.75) is 38.8 Å². The summed E-state index contributed by atoms with van der Waals surface area (Å²) < 4.78 is 39.4. The van der Waals surface area contributed by atoms with Gasteiger partial charge in [-0.1, -0.05) is 18.2 Å². The van der Waals surface area contributed by atoms with Crippen LogP contribution in [0.1, 0.15) is 46.6 Å². The van der Waals surface area contributed by atoms with Crippen LogP contribution in [0.3, 0.4) is 0 Å². The smallest absolute Gasteiger partial charge is 0.338 e. The van der Waals surface area contributed by atoms with Gasteiger partial charge < -0.3 is 9.88 Å². The van der Waals surface area contributed by atoms with Gasteiger partial charge in [0, 0.05) is 19.3 Å². The van der Waals surface area contributed by atoms with Gasteiger partial charge in [-0.3, -0.25) is 9.59 Å². The highest BCUT2D eigenvalue weighted by Gasteiger charge is 2.33. The third-order valence-electron chi connectivity index (χ3n) is 5.11. The average Bonchev–Trinajstić information content (AvgIpc) is 2.66. The number of benzene rings is 1. The predicted octanol–water partition coefficient (Wildman–Crippen LogP) is 3.58. The van der Waals surface area contributed by atoms with Crippen LogP contribution in [0.5, 0.6) is 0 Å². The molecule has 0 bridgehead atoms. The fourth-order valence-electron chi connectivity index (χ4n) is 3.67. The number of piperidine rings is 1. The van der Waals surface area contributed by atoms with Gasteiger partial charge in [0.25, 0.3) is 11.5 Å². The minimum absolute atomic E-state index is 0.00586. The number of hydrogen-bond acceptors (Lipinski definition) is 3. The summed E-state index contributed by atoms with van der Waals surface area (Å²) in [5.74, 6) is 0.145. The fourth-order valence-corrected chi connectivity index (χ4v) is 3.67. The Morgan fingerprint density at radius 2 is 2.07 bits per heavy atom. The number of aromatic amines is 1. The van der Waals surface area contributed by atoms with Gasteiger partial charge >= 0.3 is 6.18 Å². The zero-order valence-corrected chi connectivity index (χ0v) is 15.6. The lowest BCUT2D eigenvalue weighted by atomic mass is 9.90. The number of halogens is 3. The maximum absolute atomic E-state index is 13.1. The standard InChI is InChI=1S/C20H22F3N3O2/c1-13-24-11-16(18(27)25-13)19(28)26-10-4-5-14(12-26)8-9-15-6-2-3-7-17(15)20(21,22)23/h2-3,6-7,11,14H,4-5,8-10,12H2,1H3,(H,24,25,27)/t14-/m1/s1. The van der Waals surface area contributed by atoms with Crippen LogP contribution < -0.4 is 5.56 Å². The molecular formula is C20H22F3N3O2. The van der Waals surface area contributed by atoms with Gasteiger partial charge in [-0.25, -0.2) is 4.98 Å². The first-order valence-corrected chi connectivity index (χ1v) is 9.26. The summed E-state index contributed by atoms with van der Waals surface area (Å²) in [4.78, 5) is 32.7. The molecule has 1 aliphatic rings. The second-order valence-corrected chi connectivity index (χ2v) is 7.16. The topological polar surface area (TPSA) is 66.1 Å². The highest BCUT2D eigenvalue weighted by Crippen LogP contribution is 2.33. The molecule has 0 unspecified atom stereocenters. The molecule has 5 nitrogen and oxygen atoms in total. The SMILES string of the molecule is Cc1ncc(C(=O)N2CCC[C@H](CCc3ccccc3C(F)(F)F)C2)c(=O)[nH]1. The molecule has 0 aliphatic carbocycles. The van der Waals surface area contributed by atoms with Crippen molar-refractivity contribution >= 4 is 5.91 Å². The number of nitrogens with zero attached hydrogens (tertiary/aromatic N) is 2. The lowest BCUT2D eigenvalue weighted by Crippen LogP contribution is -2.42. The second-order valence-electron chi connectivity index (χ2n) is 7.16. The molecule has 28 heavy (non-hydrogen) atoms. The molecule has 1 atom stereocenters. The monoisotopic (exact) mass is 393 g/mol. The molecular weight excluding hydrogens is 371 g/mol. The lowest BCUT2D eigenvalue weighted by Gasteiger charge is -2.32. The van der Waals surface area contributed by atoms with Crippen LogP contribution >= 0.6 is 0 Å². The number of amides is 1. The van der Waals surface area contributed by atoms with Crippen molar-refractivity contribution in [2.24, 2.45) is 5.92 Å². The molecule has 0 radical (unpaired) electrons. The van der Waals surface area contributed by atoms with E-state index in [4.69, 9.17) is 0 Å². The van der Waals surface area contributed by atoms with E-state index in [0.717, 1.165) is 18.9 Å². The van der Waals surface area contributed by atoms with Crippen LogP contribution in [0.4, 0.5) is 13.2 Å². The Kier molecular flexibility index (Phi) is 5.86. The van der Waals surface area contributed by atoms with Crippen LogP contribution in [0.2, 0.25) is 0 Å². The van der Waals surface area contributed by atoms with Crippen LogP contribution in [-0.4, -0.2) is 33.9 Å². The van der Waals surface area contributed by atoms with Crippen molar-refractivity contribution in [1.82, 2.24) is 14.9 Å². The van der Waals surface area contributed by atoms with E-state index in [1.807, 2.05) is 0 Å². The molecule has 1 saturated heterocycles. The number of alkyl halides is 3. The number of nitrogens with one attached hydrogen (secondary N) is 1. The second kappa shape index (κ2) is 8.16. The summed E-state index contributed by atoms with van der Waals surface area (Å²) in [7, 11) is 0. The van der Waals surface area contributed by atoms with Crippen LogP contribution in [0.15, 0.2) is 35.3 Å². The van der Waals surface area contributed by atoms with E-state index in [0.29, 0.717) is 31.8 Å². The fraction of sp³-hybridized carbons (Fsp3) is 0.450. The number of carbonyl (C=O) groups is 1. The largest absolute Gasteiger partial charge is 0.416 e. The summed E-state index contributed by atoms with van der Waals surface area (Å²) in [5, 5.41) is 0. The Hall–Kier alpha value is -2.64. The quantitative estimate of drug-likeness (QED) is 0.864. The molecule has 8 heteroatoms. The molecule has 2 heterocycles. The van der Waals surface area contributed by atoms with E-state index < -0.39 is 17.3 Å². The van der Waals surface area contributed by atoms with Gasteiger partial charge in [-0.2, -0.15) is 13.2 Å². The van der Waals surface area contributed by atoms with Crippen molar-refractivity contribution in [3.63, 3.8) is 0 Å². The Morgan fingerprint density at radius 3 is 2.79 bits per heavy atom. The molecule has 0 spiro atoms. The van der Waals surface area contributed by atoms with Gasteiger partial charge in [-0.05, 0) is 50.2 Å². The number of likely N-dealkylation sites (tertiary alicyclic amines) is 1. The lowest BCUT2D eigenvalue weighted by molar-refractivity contribution is -0.138. The van der Waals surface area contributed by atoms with Crippen LogP contribution in [0, 0.1) is 12.8 Å². The van der Waals surface area contributed by atoms with Gasteiger partial charge in [0.2, 0.25) is 0 Å². The van der Waals surface area contributed by atoms with Gasteiger partial charge in [0.05, 0.1) is 5.56 Å². The number of aryl methyl sites for hydroxylation is 2. The normalized spacial score (nSPS) is 17.6. The molecule has 1 aliphatic heterocycles. The van der Waals surface area contributed by atoms with Gasteiger partial charge in [-0.15, -0.1) is 0 Å². The zero-order valence-electron chi connectivity index (χ0n) is 15.6. The Balaban J connectivity index is 1.66. The molecule has 2 aromatic rings. The van der Waals surface area contributed by atoms with Crippen molar-refractivity contribution in [3.05, 3.63) is 63.3 Å². The molecule has 0 saturated carbocycles. The van der Waals surface area contributed by atoms with Crippen LogP contribution in [-0.2, 0) is 12.6 Å². The Bertz CT molecular complexity index is 908. The highest BCUT2D eigenvalue weighted by atomic mass is 19.4.